The number of anilines is 2. The fraction of sp³-hybridized carbons (Fsp3) is 0.333. The number of carbonyl (C=O) groups excluding carboxylic acids is 2. The highest BCUT2D eigenvalue weighted by atomic mass is 19.4. The molecule has 11 heteroatoms. The van der Waals surface area contributed by atoms with E-state index in [1.807, 2.05) is 31.2 Å². The number of amides is 2. The van der Waals surface area contributed by atoms with Gasteiger partial charge in [-0.1, -0.05) is 36.0 Å². The second-order valence-corrected chi connectivity index (χ2v) is 7.96. The molecule has 0 radical (unpaired) electrons. The van der Waals surface area contributed by atoms with Gasteiger partial charge in [-0.15, -0.1) is 0 Å². The molecule has 0 unspecified atom stereocenters. The quantitative estimate of drug-likeness (QED) is 0.533. The summed E-state index contributed by atoms with van der Waals surface area (Å²) in [7, 11) is 1.65. The Morgan fingerprint density at radius 2 is 1.66 bits per heavy atom. The van der Waals surface area contributed by atoms with Gasteiger partial charge in [-0.3, -0.25) is 9.59 Å². The van der Waals surface area contributed by atoms with Gasteiger partial charge < -0.3 is 16.6 Å². The van der Waals surface area contributed by atoms with E-state index in [2.05, 4.69) is 10.9 Å². The Balaban J connectivity index is 0.000000762. The lowest BCUT2D eigenvalue weighted by molar-refractivity contribution is -0.192. The predicted molar refractivity (Wildman–Crippen MR) is 128 cm³/mol. The number of carboxylic acid groups (broad SMARTS) is 1. The van der Waals surface area contributed by atoms with E-state index in [1.54, 1.807) is 39.1 Å². The van der Waals surface area contributed by atoms with Crippen LogP contribution in [0.3, 0.4) is 0 Å². The van der Waals surface area contributed by atoms with Crippen molar-refractivity contribution >= 4 is 29.2 Å². The number of carboxylic acids is 1. The number of hydrogen-bond acceptors (Lipinski definition) is 5. The van der Waals surface area contributed by atoms with Crippen LogP contribution in [0, 0.1) is 6.07 Å². The van der Waals surface area contributed by atoms with Crippen LogP contribution in [0.1, 0.15) is 39.2 Å². The standard InChI is InChI=1S/C22H26N4O2.C2HF3O2/c1-5-8-20(27)26(21(28)22(2,3)24)16-11-12-18(19(23)13-16)17-10-7-6-9-15(17)14-25-4;3-2(4,5)1(6)7/h6-7,9-13,23H,5,8,24H2,1-4H3;(H,6,7)/p+1. The number of alkyl halides is 3. The number of imide groups is 1. The van der Waals surface area contributed by atoms with Crippen LogP contribution < -0.4 is 16.4 Å². The molecule has 2 amide bonds. The van der Waals surface area contributed by atoms with Gasteiger partial charge in [0, 0.05) is 23.2 Å². The summed E-state index contributed by atoms with van der Waals surface area (Å²) in [6.45, 7) is 5.04. The van der Waals surface area contributed by atoms with E-state index < -0.39 is 23.6 Å². The number of aliphatic carboxylic acids is 1. The largest absolute Gasteiger partial charge is 0.490 e. The molecule has 2 aromatic carbocycles. The number of nitrogens with two attached hydrogens (primary N) is 2. The second-order valence-electron chi connectivity index (χ2n) is 7.96. The minimum atomic E-state index is -5.08. The van der Waals surface area contributed by atoms with Gasteiger partial charge in [0.05, 0.1) is 11.2 Å². The molecule has 0 aromatic heterocycles. The molecule has 0 atom stereocenters. The SMILES string of the molecule is CCCC(=O)N(C(=O)C(C)(C)N)c1ccc(-c2ccccc2C#[N+]C)c(N)c1.O=C(O)C(F)(F)F. The first kappa shape index (κ1) is 29.1. The highest BCUT2D eigenvalue weighted by Gasteiger charge is 2.38. The number of benzene rings is 2. The lowest BCUT2D eigenvalue weighted by Crippen LogP contribution is -2.53. The van der Waals surface area contributed by atoms with Gasteiger partial charge in [-0.2, -0.15) is 13.2 Å². The van der Waals surface area contributed by atoms with Crippen LogP contribution in [-0.2, 0) is 14.4 Å². The van der Waals surface area contributed by atoms with Crippen molar-refractivity contribution in [3.05, 3.63) is 52.9 Å². The number of hydrogen-bond donors (Lipinski definition) is 3. The fourth-order valence-electron chi connectivity index (χ4n) is 2.86. The lowest BCUT2D eigenvalue weighted by Gasteiger charge is -2.28. The number of nitrogens with zero attached hydrogens (tertiary/aromatic N) is 2. The van der Waals surface area contributed by atoms with Gasteiger partial charge in [0.25, 0.3) is 13.0 Å². The van der Waals surface area contributed by atoms with E-state index in [1.165, 1.54) is 0 Å². The lowest BCUT2D eigenvalue weighted by atomic mass is 9.97. The summed E-state index contributed by atoms with van der Waals surface area (Å²) < 4.78 is 31.7. The van der Waals surface area contributed by atoms with Crippen molar-refractivity contribution < 1.29 is 32.7 Å². The van der Waals surface area contributed by atoms with Gasteiger partial charge in [0.15, 0.2) is 0 Å². The number of halogens is 3. The number of nitrogen functional groups attached to an aromatic ring is 1. The maximum Gasteiger partial charge on any atom is 0.490 e. The van der Waals surface area contributed by atoms with Gasteiger partial charge >= 0.3 is 18.2 Å². The van der Waals surface area contributed by atoms with Crippen molar-refractivity contribution in [2.45, 2.75) is 45.3 Å². The minimum Gasteiger partial charge on any atom is -0.475 e. The normalized spacial score (nSPS) is 10.9. The summed E-state index contributed by atoms with van der Waals surface area (Å²) >= 11 is 0. The molecule has 8 nitrogen and oxygen atoms in total. The van der Waals surface area contributed by atoms with Crippen LogP contribution in [0.2, 0.25) is 0 Å². The van der Waals surface area contributed by atoms with Gasteiger partial charge in [0.2, 0.25) is 5.91 Å². The molecule has 0 aliphatic rings. The first-order valence-electron chi connectivity index (χ1n) is 10.4. The molecule has 0 saturated heterocycles. The third-order valence-corrected chi connectivity index (χ3v) is 4.45. The predicted octanol–water partition coefficient (Wildman–Crippen LogP) is 4.28. The van der Waals surface area contributed by atoms with E-state index in [0.717, 1.165) is 21.6 Å². The van der Waals surface area contributed by atoms with Crippen LogP contribution in [0.5, 0.6) is 0 Å². The summed E-state index contributed by atoms with van der Waals surface area (Å²) in [5.74, 6) is -3.53. The van der Waals surface area contributed by atoms with Gasteiger partial charge in [-0.05, 0) is 38.5 Å². The zero-order chi connectivity index (χ0) is 27.0. The number of carbonyl (C=O) groups is 3. The topological polar surface area (TPSA) is 131 Å². The fourth-order valence-corrected chi connectivity index (χ4v) is 2.86. The van der Waals surface area contributed by atoms with Crippen LogP contribution in [0.15, 0.2) is 42.5 Å². The van der Waals surface area contributed by atoms with Crippen molar-refractivity contribution in [2.75, 3.05) is 17.7 Å². The zero-order valence-corrected chi connectivity index (χ0v) is 19.8. The molecule has 0 fully saturated rings. The Labute approximate surface area is 201 Å². The van der Waals surface area contributed by atoms with Crippen molar-refractivity contribution in [1.29, 1.82) is 0 Å². The Morgan fingerprint density at radius 1 is 1.09 bits per heavy atom. The van der Waals surface area contributed by atoms with E-state index in [4.69, 9.17) is 21.4 Å². The molecule has 2 rings (SSSR count). The third kappa shape index (κ3) is 8.12. The molecule has 0 aliphatic carbocycles. The van der Waals surface area contributed by atoms with Crippen LogP contribution in [0.25, 0.3) is 16.0 Å². The van der Waals surface area contributed by atoms with Crippen molar-refractivity contribution in [3.63, 3.8) is 0 Å². The zero-order valence-electron chi connectivity index (χ0n) is 19.8. The van der Waals surface area contributed by atoms with Crippen molar-refractivity contribution in [3.8, 4) is 17.2 Å². The maximum absolute atomic E-state index is 12.8. The molecular formula is C24H28F3N4O4+. The van der Waals surface area contributed by atoms with E-state index in [0.29, 0.717) is 17.8 Å². The molecule has 2 aromatic rings. The maximum atomic E-state index is 12.8. The molecule has 0 aliphatic heterocycles. The monoisotopic (exact) mass is 493 g/mol. The molecule has 5 N–H and O–H groups in total. The Kier molecular flexibility index (Phi) is 9.97. The highest BCUT2D eigenvalue weighted by molar-refractivity contribution is 6.18. The molecule has 0 bridgehead atoms. The second kappa shape index (κ2) is 12.0. The highest BCUT2D eigenvalue weighted by Crippen LogP contribution is 2.33. The van der Waals surface area contributed by atoms with Crippen molar-refractivity contribution in [1.82, 2.24) is 0 Å². The number of rotatable bonds is 5. The van der Waals surface area contributed by atoms with Crippen LogP contribution in [0.4, 0.5) is 24.5 Å². The van der Waals surface area contributed by atoms with E-state index in [-0.39, 0.29) is 12.3 Å². The molecule has 0 heterocycles. The average molecular weight is 494 g/mol. The molecule has 0 spiro atoms. The van der Waals surface area contributed by atoms with Crippen LogP contribution >= 0.6 is 0 Å². The van der Waals surface area contributed by atoms with E-state index >= 15 is 0 Å². The average Bonchev–Trinajstić information content (AvgIpc) is 2.74. The molecule has 0 saturated carbocycles. The van der Waals surface area contributed by atoms with Gasteiger partial charge in [0.1, 0.15) is 5.56 Å². The minimum absolute atomic E-state index is 0.244. The first-order chi connectivity index (χ1) is 16.1. The molecule has 35 heavy (non-hydrogen) atoms. The first-order valence-corrected chi connectivity index (χ1v) is 10.4. The smallest absolute Gasteiger partial charge is 0.475 e. The third-order valence-electron chi connectivity index (χ3n) is 4.45. The summed E-state index contributed by atoms with van der Waals surface area (Å²) in [6.07, 6.45) is -4.21. The Hall–Kier alpha value is -3.91. The van der Waals surface area contributed by atoms with Crippen molar-refractivity contribution in [2.24, 2.45) is 5.73 Å². The Morgan fingerprint density at radius 3 is 2.11 bits per heavy atom. The summed E-state index contributed by atoms with van der Waals surface area (Å²) in [4.78, 5) is 39.4. The van der Waals surface area contributed by atoms with Crippen LogP contribution in [-0.4, -0.2) is 41.7 Å². The van der Waals surface area contributed by atoms with E-state index in [9.17, 15) is 22.8 Å². The molecular weight excluding hydrogens is 465 g/mol. The Bertz CT molecular complexity index is 1150. The summed E-state index contributed by atoms with van der Waals surface area (Å²) in [5.41, 5.74) is 14.4. The summed E-state index contributed by atoms with van der Waals surface area (Å²) in [6, 6.07) is 15.7. The molecule has 188 valence electrons. The van der Waals surface area contributed by atoms with Gasteiger partial charge in [-0.25, -0.2) is 9.69 Å². The summed E-state index contributed by atoms with van der Waals surface area (Å²) in [5, 5.41) is 7.12.